The first-order valence-corrected chi connectivity index (χ1v) is 9.52. The molecule has 0 aliphatic heterocycles. The van der Waals surface area contributed by atoms with Gasteiger partial charge in [-0.15, -0.1) is 0 Å². The number of ether oxygens (including phenoxy) is 1. The van der Waals surface area contributed by atoms with Crippen LogP contribution in [0.1, 0.15) is 12.0 Å². The molecular weight excluding hydrogens is 364 g/mol. The van der Waals surface area contributed by atoms with Crippen molar-refractivity contribution < 1.29 is 14.3 Å². The van der Waals surface area contributed by atoms with Gasteiger partial charge in [0.05, 0.1) is 6.42 Å². The van der Waals surface area contributed by atoms with Crippen LogP contribution in [0.2, 0.25) is 0 Å². The minimum absolute atomic E-state index is 0.0678. The van der Waals surface area contributed by atoms with E-state index in [-0.39, 0.29) is 18.2 Å². The quantitative estimate of drug-likeness (QED) is 0.629. The highest BCUT2D eigenvalue weighted by Gasteiger charge is 2.12. The van der Waals surface area contributed by atoms with Gasteiger partial charge in [0.15, 0.2) is 0 Å². The molecule has 0 bridgehead atoms. The minimum Gasteiger partial charge on any atom is -0.457 e. The summed E-state index contributed by atoms with van der Waals surface area (Å²) in [6.07, 6.45) is 0.549. The third-order valence-electron chi connectivity index (χ3n) is 4.45. The maximum absolute atomic E-state index is 12.4. The van der Waals surface area contributed by atoms with E-state index in [9.17, 15) is 9.59 Å². The Morgan fingerprint density at radius 3 is 2.07 bits per heavy atom. The lowest BCUT2D eigenvalue weighted by atomic mass is 10.1. The van der Waals surface area contributed by atoms with Crippen LogP contribution in [0.5, 0.6) is 11.5 Å². The van der Waals surface area contributed by atoms with E-state index in [1.165, 1.54) is 0 Å². The van der Waals surface area contributed by atoms with Gasteiger partial charge in [0.1, 0.15) is 11.5 Å². The van der Waals surface area contributed by atoms with Crippen molar-refractivity contribution >= 4 is 17.5 Å². The maximum atomic E-state index is 12.4. The number of para-hydroxylation sites is 1. The average molecular weight is 388 g/mol. The summed E-state index contributed by atoms with van der Waals surface area (Å²) in [5.41, 5.74) is 1.72. The van der Waals surface area contributed by atoms with Crippen LogP contribution in [0, 0.1) is 0 Å². The molecule has 0 spiro atoms. The fraction of sp³-hybridized carbons (Fsp3) is 0.167. The van der Waals surface area contributed by atoms with Crippen LogP contribution in [0.4, 0.5) is 5.69 Å². The summed E-state index contributed by atoms with van der Waals surface area (Å²) >= 11 is 0. The van der Waals surface area contributed by atoms with Gasteiger partial charge in [-0.1, -0.05) is 48.5 Å². The molecule has 148 valence electrons. The van der Waals surface area contributed by atoms with Crippen LogP contribution in [-0.2, 0) is 16.0 Å². The van der Waals surface area contributed by atoms with Crippen molar-refractivity contribution in [1.82, 2.24) is 5.32 Å². The van der Waals surface area contributed by atoms with E-state index in [0.717, 1.165) is 17.0 Å². The van der Waals surface area contributed by atoms with Crippen molar-refractivity contribution in [1.29, 1.82) is 0 Å². The van der Waals surface area contributed by atoms with Crippen LogP contribution in [0.25, 0.3) is 0 Å². The van der Waals surface area contributed by atoms with Crippen molar-refractivity contribution in [3.8, 4) is 11.5 Å². The Balaban J connectivity index is 1.45. The lowest BCUT2D eigenvalue weighted by Crippen LogP contribution is -2.32. The summed E-state index contributed by atoms with van der Waals surface area (Å²) in [5, 5.41) is 2.80. The molecule has 0 atom stereocenters. The standard InChI is InChI=1S/C24H24N2O3/c1-26(20-12-14-22(15-13-20)29-21-10-6-3-7-11-21)24(28)16-17-25-23(27)18-19-8-4-2-5-9-19/h2-15H,16-18H2,1H3,(H,25,27). The van der Waals surface area contributed by atoms with E-state index in [1.54, 1.807) is 11.9 Å². The van der Waals surface area contributed by atoms with Crippen molar-refractivity contribution in [2.24, 2.45) is 0 Å². The number of carbonyl (C=O) groups is 2. The second-order valence-corrected chi connectivity index (χ2v) is 6.62. The van der Waals surface area contributed by atoms with E-state index in [1.807, 2.05) is 84.9 Å². The van der Waals surface area contributed by atoms with Crippen LogP contribution >= 0.6 is 0 Å². The van der Waals surface area contributed by atoms with E-state index < -0.39 is 0 Å². The van der Waals surface area contributed by atoms with E-state index in [4.69, 9.17) is 4.74 Å². The van der Waals surface area contributed by atoms with Gasteiger partial charge in [-0.2, -0.15) is 0 Å². The minimum atomic E-state index is -0.0888. The first kappa shape index (κ1) is 20.1. The van der Waals surface area contributed by atoms with Gasteiger partial charge in [0.2, 0.25) is 11.8 Å². The molecule has 0 unspecified atom stereocenters. The number of benzene rings is 3. The van der Waals surface area contributed by atoms with Gasteiger partial charge in [-0.3, -0.25) is 9.59 Å². The summed E-state index contributed by atoms with van der Waals surface area (Å²) in [4.78, 5) is 26.0. The molecule has 0 saturated heterocycles. The molecule has 0 heterocycles. The zero-order valence-electron chi connectivity index (χ0n) is 16.4. The van der Waals surface area contributed by atoms with Gasteiger partial charge in [-0.25, -0.2) is 0 Å². The van der Waals surface area contributed by atoms with Gasteiger partial charge in [0.25, 0.3) is 0 Å². The van der Waals surface area contributed by atoms with Crippen LogP contribution < -0.4 is 15.0 Å². The number of carbonyl (C=O) groups excluding carboxylic acids is 2. The predicted octanol–water partition coefficient (Wildman–Crippen LogP) is 4.19. The van der Waals surface area contributed by atoms with Crippen molar-refractivity contribution in [2.45, 2.75) is 12.8 Å². The molecule has 0 aliphatic rings. The number of hydrogen-bond donors (Lipinski definition) is 1. The van der Waals surface area contributed by atoms with Gasteiger partial charge in [-0.05, 0) is 42.0 Å². The van der Waals surface area contributed by atoms with Crippen molar-refractivity contribution in [3.05, 3.63) is 90.5 Å². The molecule has 0 radical (unpaired) electrons. The van der Waals surface area contributed by atoms with E-state index in [0.29, 0.717) is 18.7 Å². The Morgan fingerprint density at radius 1 is 0.828 bits per heavy atom. The molecule has 0 aromatic heterocycles. The molecule has 0 saturated carbocycles. The van der Waals surface area contributed by atoms with Crippen LogP contribution in [0.15, 0.2) is 84.9 Å². The molecule has 1 N–H and O–H groups in total. The van der Waals surface area contributed by atoms with E-state index in [2.05, 4.69) is 5.32 Å². The Morgan fingerprint density at radius 2 is 1.41 bits per heavy atom. The summed E-state index contributed by atoms with van der Waals surface area (Å²) in [7, 11) is 1.72. The van der Waals surface area contributed by atoms with Gasteiger partial charge >= 0.3 is 0 Å². The molecule has 5 nitrogen and oxygen atoms in total. The summed E-state index contributed by atoms with van der Waals surface area (Å²) in [6, 6.07) is 26.4. The average Bonchev–Trinajstić information content (AvgIpc) is 2.75. The summed E-state index contributed by atoms with van der Waals surface area (Å²) in [5.74, 6) is 1.31. The molecule has 3 aromatic rings. The highest BCUT2D eigenvalue weighted by atomic mass is 16.5. The summed E-state index contributed by atoms with van der Waals surface area (Å²) in [6.45, 7) is 0.310. The lowest BCUT2D eigenvalue weighted by Gasteiger charge is -2.18. The first-order valence-electron chi connectivity index (χ1n) is 9.52. The van der Waals surface area contributed by atoms with Crippen molar-refractivity contribution in [3.63, 3.8) is 0 Å². The number of nitrogens with zero attached hydrogens (tertiary/aromatic N) is 1. The molecule has 0 aliphatic carbocycles. The number of nitrogens with one attached hydrogen (secondary N) is 1. The number of rotatable bonds is 8. The molecule has 3 aromatic carbocycles. The Kier molecular flexibility index (Phi) is 7.00. The maximum Gasteiger partial charge on any atom is 0.228 e. The second-order valence-electron chi connectivity index (χ2n) is 6.62. The lowest BCUT2D eigenvalue weighted by molar-refractivity contribution is -0.121. The molecular formula is C24H24N2O3. The van der Waals surface area contributed by atoms with Gasteiger partial charge in [0, 0.05) is 25.7 Å². The number of amides is 2. The fourth-order valence-electron chi connectivity index (χ4n) is 2.83. The smallest absolute Gasteiger partial charge is 0.228 e. The molecule has 3 rings (SSSR count). The van der Waals surface area contributed by atoms with E-state index >= 15 is 0 Å². The third-order valence-corrected chi connectivity index (χ3v) is 4.45. The van der Waals surface area contributed by atoms with Gasteiger partial charge < -0.3 is 15.0 Å². The SMILES string of the molecule is CN(C(=O)CCNC(=O)Cc1ccccc1)c1ccc(Oc2ccccc2)cc1. The summed E-state index contributed by atoms with van der Waals surface area (Å²) < 4.78 is 5.76. The normalized spacial score (nSPS) is 10.2. The Hall–Kier alpha value is -3.60. The van der Waals surface area contributed by atoms with Crippen LogP contribution in [-0.4, -0.2) is 25.4 Å². The largest absolute Gasteiger partial charge is 0.457 e. The monoisotopic (exact) mass is 388 g/mol. The highest BCUT2D eigenvalue weighted by molar-refractivity contribution is 5.93. The zero-order chi connectivity index (χ0) is 20.5. The number of anilines is 1. The second kappa shape index (κ2) is 10.1. The fourth-order valence-corrected chi connectivity index (χ4v) is 2.83. The van der Waals surface area contributed by atoms with Crippen molar-refractivity contribution in [2.75, 3.05) is 18.5 Å². The first-order chi connectivity index (χ1) is 14.1. The third kappa shape index (κ3) is 6.21. The molecule has 29 heavy (non-hydrogen) atoms. The molecule has 5 heteroatoms. The molecule has 2 amide bonds. The Labute approximate surface area is 170 Å². The topological polar surface area (TPSA) is 58.6 Å². The highest BCUT2D eigenvalue weighted by Crippen LogP contribution is 2.24. The molecule has 0 fully saturated rings. The number of hydrogen-bond acceptors (Lipinski definition) is 3. The predicted molar refractivity (Wildman–Crippen MR) is 114 cm³/mol. The van der Waals surface area contributed by atoms with Crippen LogP contribution in [0.3, 0.4) is 0 Å². The zero-order valence-corrected chi connectivity index (χ0v) is 16.4. The Bertz CT molecular complexity index is 925.